The zero-order valence-corrected chi connectivity index (χ0v) is 17.3. The molecule has 4 rings (SSSR count). The van der Waals surface area contributed by atoms with E-state index in [0.717, 1.165) is 29.3 Å². The monoisotopic (exact) mass is 406 g/mol. The zero-order chi connectivity index (χ0) is 21.1. The van der Waals surface area contributed by atoms with E-state index in [1.165, 1.54) is 0 Å². The van der Waals surface area contributed by atoms with Gasteiger partial charge >= 0.3 is 0 Å². The highest BCUT2D eigenvalue weighted by molar-refractivity contribution is 5.97. The molecule has 1 aromatic heterocycles. The number of H-pyrrole nitrogens is 1. The molecule has 156 valence electrons. The SMILES string of the molecule is COc1ccccc1C(=O)N(Cc1cc2cccc(C)c2[nH]c1=O)C[C@H]1CCCO1. The maximum Gasteiger partial charge on any atom is 0.258 e. The number of carbonyl (C=O) groups excluding carboxylic acids is 1. The van der Waals surface area contributed by atoms with Crippen LogP contribution >= 0.6 is 0 Å². The Labute approximate surface area is 175 Å². The largest absolute Gasteiger partial charge is 0.496 e. The molecule has 6 heteroatoms. The van der Waals surface area contributed by atoms with Crippen molar-refractivity contribution in [1.29, 1.82) is 0 Å². The summed E-state index contributed by atoms with van der Waals surface area (Å²) in [5.74, 6) is 0.342. The second-order valence-corrected chi connectivity index (χ2v) is 7.68. The van der Waals surface area contributed by atoms with Crippen LogP contribution in [0.4, 0.5) is 0 Å². The number of aromatic nitrogens is 1. The lowest BCUT2D eigenvalue weighted by Gasteiger charge is -2.26. The number of methoxy groups -OCH3 is 1. The van der Waals surface area contributed by atoms with Crippen molar-refractivity contribution in [2.45, 2.75) is 32.4 Å². The van der Waals surface area contributed by atoms with Crippen molar-refractivity contribution in [1.82, 2.24) is 9.88 Å². The summed E-state index contributed by atoms with van der Waals surface area (Å²) in [6, 6.07) is 14.9. The quantitative estimate of drug-likeness (QED) is 0.678. The summed E-state index contributed by atoms with van der Waals surface area (Å²) in [6.45, 7) is 3.31. The van der Waals surface area contributed by atoms with Gasteiger partial charge in [0.05, 0.1) is 30.8 Å². The highest BCUT2D eigenvalue weighted by atomic mass is 16.5. The molecule has 0 saturated carbocycles. The Balaban J connectivity index is 1.69. The zero-order valence-electron chi connectivity index (χ0n) is 17.3. The summed E-state index contributed by atoms with van der Waals surface area (Å²) in [7, 11) is 1.55. The third-order valence-electron chi connectivity index (χ3n) is 5.60. The molecule has 1 aliphatic heterocycles. The third kappa shape index (κ3) is 4.09. The number of benzene rings is 2. The van der Waals surface area contributed by atoms with E-state index in [1.54, 1.807) is 24.1 Å². The summed E-state index contributed by atoms with van der Waals surface area (Å²) in [5.41, 5.74) is 2.69. The van der Waals surface area contributed by atoms with Crippen LogP contribution in [0.1, 0.15) is 34.3 Å². The number of carbonyl (C=O) groups is 1. The molecule has 0 aliphatic carbocycles. The number of nitrogens with zero attached hydrogens (tertiary/aromatic N) is 1. The first-order chi connectivity index (χ1) is 14.6. The first kappa shape index (κ1) is 20.2. The maximum atomic E-state index is 13.4. The molecule has 1 amide bonds. The van der Waals surface area contributed by atoms with Crippen LogP contribution in [0.15, 0.2) is 53.3 Å². The first-order valence-corrected chi connectivity index (χ1v) is 10.2. The fourth-order valence-corrected chi connectivity index (χ4v) is 4.00. The molecular weight excluding hydrogens is 380 g/mol. The van der Waals surface area contributed by atoms with E-state index < -0.39 is 0 Å². The number of amides is 1. The Kier molecular flexibility index (Phi) is 5.86. The summed E-state index contributed by atoms with van der Waals surface area (Å²) in [4.78, 5) is 30.9. The molecule has 0 spiro atoms. The van der Waals surface area contributed by atoms with E-state index in [1.807, 2.05) is 43.3 Å². The molecule has 2 heterocycles. The van der Waals surface area contributed by atoms with Gasteiger partial charge in [0.25, 0.3) is 11.5 Å². The number of ether oxygens (including phenoxy) is 2. The summed E-state index contributed by atoms with van der Waals surface area (Å²) in [6.07, 6.45) is 1.87. The molecule has 0 radical (unpaired) electrons. The number of aromatic amines is 1. The lowest BCUT2D eigenvalue weighted by atomic mass is 10.1. The molecule has 1 fully saturated rings. The van der Waals surface area contributed by atoms with Crippen molar-refractivity contribution in [2.75, 3.05) is 20.3 Å². The van der Waals surface area contributed by atoms with Crippen LogP contribution in [0.25, 0.3) is 10.9 Å². The summed E-state index contributed by atoms with van der Waals surface area (Å²) in [5, 5.41) is 0.950. The van der Waals surface area contributed by atoms with Crippen LogP contribution in [-0.4, -0.2) is 42.2 Å². The molecular formula is C24H26N2O4. The predicted octanol–water partition coefficient (Wildman–Crippen LogP) is 3.67. The Bertz CT molecular complexity index is 1120. The van der Waals surface area contributed by atoms with Crippen molar-refractivity contribution in [3.05, 3.63) is 75.6 Å². The average molecular weight is 406 g/mol. The van der Waals surface area contributed by atoms with Gasteiger partial charge in [-0.15, -0.1) is 0 Å². The first-order valence-electron chi connectivity index (χ1n) is 10.2. The van der Waals surface area contributed by atoms with Crippen LogP contribution in [0.2, 0.25) is 0 Å². The van der Waals surface area contributed by atoms with Gasteiger partial charge in [-0.2, -0.15) is 0 Å². The lowest BCUT2D eigenvalue weighted by molar-refractivity contribution is 0.0504. The van der Waals surface area contributed by atoms with Gasteiger partial charge in [-0.1, -0.05) is 30.3 Å². The highest BCUT2D eigenvalue weighted by Gasteiger charge is 2.26. The fourth-order valence-electron chi connectivity index (χ4n) is 4.00. The Morgan fingerprint density at radius 1 is 1.23 bits per heavy atom. The Morgan fingerprint density at radius 3 is 2.83 bits per heavy atom. The fraction of sp³-hybridized carbons (Fsp3) is 0.333. The summed E-state index contributed by atoms with van der Waals surface area (Å²) < 4.78 is 11.2. The number of para-hydroxylation sites is 2. The molecule has 1 saturated heterocycles. The number of nitrogens with one attached hydrogen (secondary N) is 1. The molecule has 0 unspecified atom stereocenters. The second kappa shape index (κ2) is 8.71. The van der Waals surface area contributed by atoms with Crippen LogP contribution < -0.4 is 10.3 Å². The minimum Gasteiger partial charge on any atom is -0.496 e. The molecule has 3 aromatic rings. The van der Waals surface area contributed by atoms with Gasteiger partial charge in [0, 0.05) is 18.7 Å². The van der Waals surface area contributed by atoms with Gasteiger partial charge in [0.15, 0.2) is 0 Å². The molecule has 1 atom stereocenters. The molecule has 1 N–H and O–H groups in total. The number of hydrogen-bond acceptors (Lipinski definition) is 4. The van der Waals surface area contributed by atoms with Gasteiger partial charge in [-0.25, -0.2) is 0 Å². The van der Waals surface area contributed by atoms with Gasteiger partial charge in [-0.3, -0.25) is 9.59 Å². The van der Waals surface area contributed by atoms with Gasteiger partial charge in [0.2, 0.25) is 0 Å². The molecule has 1 aliphatic rings. The van der Waals surface area contributed by atoms with Gasteiger partial charge < -0.3 is 19.4 Å². The minimum atomic E-state index is -0.179. The number of hydrogen-bond donors (Lipinski definition) is 1. The normalized spacial score (nSPS) is 16.0. The van der Waals surface area contributed by atoms with Gasteiger partial charge in [-0.05, 0) is 48.9 Å². The molecule has 0 bridgehead atoms. The van der Waals surface area contributed by atoms with Crippen molar-refractivity contribution in [3.8, 4) is 5.75 Å². The third-order valence-corrected chi connectivity index (χ3v) is 5.60. The smallest absolute Gasteiger partial charge is 0.258 e. The molecule has 30 heavy (non-hydrogen) atoms. The Morgan fingerprint density at radius 2 is 2.07 bits per heavy atom. The van der Waals surface area contributed by atoms with Crippen molar-refractivity contribution < 1.29 is 14.3 Å². The van der Waals surface area contributed by atoms with Gasteiger partial charge in [0.1, 0.15) is 5.75 Å². The lowest BCUT2D eigenvalue weighted by Crippen LogP contribution is -2.38. The minimum absolute atomic E-state index is 0.0227. The number of pyridine rings is 1. The van der Waals surface area contributed by atoms with E-state index in [9.17, 15) is 9.59 Å². The maximum absolute atomic E-state index is 13.4. The van der Waals surface area contributed by atoms with Crippen molar-refractivity contribution >= 4 is 16.8 Å². The van der Waals surface area contributed by atoms with E-state index in [0.29, 0.717) is 30.0 Å². The van der Waals surface area contributed by atoms with E-state index >= 15 is 0 Å². The summed E-state index contributed by atoms with van der Waals surface area (Å²) >= 11 is 0. The highest BCUT2D eigenvalue weighted by Crippen LogP contribution is 2.23. The Hall–Kier alpha value is -3.12. The topological polar surface area (TPSA) is 71.6 Å². The van der Waals surface area contributed by atoms with Crippen LogP contribution in [0.5, 0.6) is 5.75 Å². The van der Waals surface area contributed by atoms with Crippen LogP contribution in [0, 0.1) is 6.92 Å². The standard InChI is InChI=1S/C24H26N2O4/c1-16-7-5-8-17-13-18(23(27)25-22(16)17)14-26(15-19-9-6-12-30-19)24(28)20-10-3-4-11-21(20)29-2/h3-5,7-8,10-11,13,19H,6,9,12,14-15H2,1-2H3,(H,25,27)/t19-/m1/s1. The van der Waals surface area contributed by atoms with Crippen molar-refractivity contribution in [2.24, 2.45) is 0 Å². The molecule has 6 nitrogen and oxygen atoms in total. The van der Waals surface area contributed by atoms with E-state index in [2.05, 4.69) is 4.98 Å². The van der Waals surface area contributed by atoms with Crippen LogP contribution in [-0.2, 0) is 11.3 Å². The molecule has 2 aromatic carbocycles. The average Bonchev–Trinajstić information content (AvgIpc) is 3.27. The number of aryl methyl sites for hydroxylation is 1. The van der Waals surface area contributed by atoms with E-state index in [4.69, 9.17) is 9.47 Å². The van der Waals surface area contributed by atoms with Crippen LogP contribution in [0.3, 0.4) is 0 Å². The predicted molar refractivity (Wildman–Crippen MR) is 116 cm³/mol. The number of rotatable bonds is 6. The second-order valence-electron chi connectivity index (χ2n) is 7.68. The van der Waals surface area contributed by atoms with Crippen molar-refractivity contribution in [3.63, 3.8) is 0 Å². The van der Waals surface area contributed by atoms with E-state index in [-0.39, 0.29) is 24.1 Å². The number of fused-ring (bicyclic) bond motifs is 1.